The topological polar surface area (TPSA) is 32.3 Å². The molecule has 0 aromatic heterocycles. The molecule has 1 aliphatic heterocycles. The summed E-state index contributed by atoms with van der Waals surface area (Å²) in [5.74, 6) is -0.0783. The number of rotatable bonds is 5. The van der Waals surface area contributed by atoms with Crippen LogP contribution in [-0.2, 0) is 4.79 Å². The molecule has 1 amide bonds. The van der Waals surface area contributed by atoms with Gasteiger partial charge in [0.25, 0.3) is 5.91 Å². The van der Waals surface area contributed by atoms with Crippen LogP contribution in [0.5, 0.6) is 0 Å². The van der Waals surface area contributed by atoms with Crippen LogP contribution in [0.3, 0.4) is 0 Å². The van der Waals surface area contributed by atoms with Gasteiger partial charge < -0.3 is 5.32 Å². The van der Waals surface area contributed by atoms with E-state index in [2.05, 4.69) is 42.6 Å². The molecule has 34 heavy (non-hydrogen) atoms. The molecular formula is C31H26N2O. The summed E-state index contributed by atoms with van der Waals surface area (Å²) in [6.07, 6.45) is 2.09. The van der Waals surface area contributed by atoms with E-state index in [0.29, 0.717) is 5.70 Å². The summed E-state index contributed by atoms with van der Waals surface area (Å²) in [7, 11) is 0. The minimum Gasteiger partial charge on any atom is -0.350 e. The fourth-order valence-corrected chi connectivity index (χ4v) is 4.16. The van der Waals surface area contributed by atoms with Crippen LogP contribution in [0.15, 0.2) is 121 Å². The molecule has 166 valence electrons. The SMILES string of the molecule is Cc1ccc(NC2=C(c3ccccc3)/C(=C\c3ccccc3)N(c3ccc(C)cc3)C2=O)cc1. The third-order valence-corrected chi connectivity index (χ3v) is 5.94. The van der Waals surface area contributed by atoms with Crippen LogP contribution in [-0.4, -0.2) is 5.91 Å². The lowest BCUT2D eigenvalue weighted by molar-refractivity contribution is -0.114. The Morgan fingerprint density at radius 3 is 1.85 bits per heavy atom. The molecule has 4 aromatic rings. The Bertz CT molecular complexity index is 1370. The molecule has 3 nitrogen and oxygen atoms in total. The van der Waals surface area contributed by atoms with Gasteiger partial charge in [-0.1, -0.05) is 96.1 Å². The highest BCUT2D eigenvalue weighted by atomic mass is 16.2. The second-order valence-electron chi connectivity index (χ2n) is 8.52. The van der Waals surface area contributed by atoms with Crippen molar-refractivity contribution >= 4 is 28.9 Å². The smallest absolute Gasteiger partial charge is 0.280 e. The van der Waals surface area contributed by atoms with Crippen molar-refractivity contribution in [3.8, 4) is 0 Å². The third-order valence-electron chi connectivity index (χ3n) is 5.94. The molecule has 0 spiro atoms. The van der Waals surface area contributed by atoms with Crippen LogP contribution in [0.2, 0.25) is 0 Å². The molecule has 0 radical (unpaired) electrons. The zero-order valence-corrected chi connectivity index (χ0v) is 19.3. The molecule has 3 heteroatoms. The quantitative estimate of drug-likeness (QED) is 0.354. The zero-order valence-electron chi connectivity index (χ0n) is 19.3. The largest absolute Gasteiger partial charge is 0.350 e. The van der Waals surface area contributed by atoms with Crippen molar-refractivity contribution in [1.82, 2.24) is 0 Å². The summed E-state index contributed by atoms with van der Waals surface area (Å²) in [4.78, 5) is 15.8. The third kappa shape index (κ3) is 4.28. The summed E-state index contributed by atoms with van der Waals surface area (Å²) >= 11 is 0. The van der Waals surface area contributed by atoms with E-state index < -0.39 is 0 Å². The molecule has 0 bridgehead atoms. The molecule has 0 atom stereocenters. The number of anilines is 2. The number of benzene rings is 4. The minimum absolute atomic E-state index is 0.0783. The molecule has 0 saturated carbocycles. The maximum absolute atomic E-state index is 14.0. The highest BCUT2D eigenvalue weighted by molar-refractivity contribution is 6.24. The van der Waals surface area contributed by atoms with E-state index in [4.69, 9.17) is 0 Å². The fraction of sp³-hybridized carbons (Fsp3) is 0.0645. The standard InChI is InChI=1S/C31H26N2O/c1-22-13-17-26(18-14-22)32-30-29(25-11-7-4-8-12-25)28(21-24-9-5-3-6-10-24)33(31(30)34)27-19-15-23(2)16-20-27/h3-21,32H,1-2H3/b28-21+. The van der Waals surface area contributed by atoms with Crippen LogP contribution in [0.4, 0.5) is 11.4 Å². The average molecular weight is 443 g/mol. The van der Waals surface area contributed by atoms with Crippen LogP contribution in [0.25, 0.3) is 11.6 Å². The van der Waals surface area contributed by atoms with Gasteiger partial charge in [-0.25, -0.2) is 0 Å². The Balaban J connectivity index is 1.72. The van der Waals surface area contributed by atoms with Gasteiger partial charge in [-0.15, -0.1) is 0 Å². The average Bonchev–Trinajstić information content (AvgIpc) is 3.13. The molecule has 4 aromatic carbocycles. The molecule has 1 N–H and O–H groups in total. The number of nitrogens with zero attached hydrogens (tertiary/aromatic N) is 1. The van der Waals surface area contributed by atoms with E-state index in [1.54, 1.807) is 0 Å². The first kappa shape index (κ1) is 21.5. The molecule has 1 heterocycles. The molecule has 0 fully saturated rings. The van der Waals surface area contributed by atoms with Gasteiger partial charge in [0.15, 0.2) is 0 Å². The van der Waals surface area contributed by atoms with Crippen LogP contribution in [0, 0.1) is 13.8 Å². The number of allylic oxidation sites excluding steroid dienone is 1. The molecule has 5 rings (SSSR count). The van der Waals surface area contributed by atoms with E-state index in [1.165, 1.54) is 5.56 Å². The molecule has 0 unspecified atom stereocenters. The molecule has 0 aliphatic carbocycles. The Morgan fingerprint density at radius 1 is 0.676 bits per heavy atom. The van der Waals surface area contributed by atoms with Crippen molar-refractivity contribution < 1.29 is 4.79 Å². The molecule has 0 saturated heterocycles. The maximum Gasteiger partial charge on any atom is 0.280 e. The number of hydrogen-bond donors (Lipinski definition) is 1. The monoisotopic (exact) mass is 442 g/mol. The van der Waals surface area contributed by atoms with E-state index in [9.17, 15) is 4.79 Å². The van der Waals surface area contributed by atoms with Gasteiger partial charge in [0.2, 0.25) is 0 Å². The van der Waals surface area contributed by atoms with E-state index >= 15 is 0 Å². The predicted octanol–water partition coefficient (Wildman–Crippen LogP) is 7.21. The first-order chi connectivity index (χ1) is 16.6. The van der Waals surface area contributed by atoms with Crippen LogP contribution in [0.1, 0.15) is 22.3 Å². The Kier molecular flexibility index (Phi) is 5.84. The Morgan fingerprint density at radius 2 is 1.24 bits per heavy atom. The highest BCUT2D eigenvalue weighted by Crippen LogP contribution is 2.41. The fourth-order valence-electron chi connectivity index (χ4n) is 4.16. The highest BCUT2D eigenvalue weighted by Gasteiger charge is 2.37. The number of carbonyl (C=O) groups is 1. The van der Waals surface area contributed by atoms with Gasteiger partial charge in [0, 0.05) is 16.9 Å². The van der Waals surface area contributed by atoms with Crippen molar-refractivity contribution in [3.05, 3.63) is 143 Å². The van der Waals surface area contributed by atoms with Crippen LogP contribution < -0.4 is 10.2 Å². The van der Waals surface area contributed by atoms with Crippen molar-refractivity contribution in [1.29, 1.82) is 0 Å². The van der Waals surface area contributed by atoms with Gasteiger partial charge in [-0.05, 0) is 55.3 Å². The second-order valence-corrected chi connectivity index (χ2v) is 8.52. The lowest BCUT2D eigenvalue weighted by Gasteiger charge is -2.21. The normalized spacial score (nSPS) is 14.7. The van der Waals surface area contributed by atoms with Crippen LogP contribution >= 0.6 is 0 Å². The summed E-state index contributed by atoms with van der Waals surface area (Å²) in [5.41, 5.74) is 8.37. The van der Waals surface area contributed by atoms with E-state index in [1.807, 2.05) is 96.8 Å². The zero-order chi connectivity index (χ0) is 23.5. The van der Waals surface area contributed by atoms with Crippen molar-refractivity contribution in [2.75, 3.05) is 10.2 Å². The van der Waals surface area contributed by atoms with Gasteiger partial charge >= 0.3 is 0 Å². The maximum atomic E-state index is 14.0. The second kappa shape index (κ2) is 9.24. The lowest BCUT2D eigenvalue weighted by atomic mass is 10.0. The number of nitrogens with one attached hydrogen (secondary N) is 1. The summed E-state index contributed by atoms with van der Waals surface area (Å²) in [6.45, 7) is 4.10. The lowest BCUT2D eigenvalue weighted by Crippen LogP contribution is -2.27. The Labute approximate surface area is 200 Å². The summed E-state index contributed by atoms with van der Waals surface area (Å²) in [6, 6.07) is 36.4. The first-order valence-electron chi connectivity index (χ1n) is 11.4. The first-order valence-corrected chi connectivity index (χ1v) is 11.4. The van der Waals surface area contributed by atoms with Crippen molar-refractivity contribution in [2.24, 2.45) is 0 Å². The number of aryl methyl sites for hydroxylation is 2. The predicted molar refractivity (Wildman–Crippen MR) is 141 cm³/mol. The number of amides is 1. The Hall–Kier alpha value is -4.37. The van der Waals surface area contributed by atoms with Gasteiger partial charge in [0.05, 0.1) is 5.70 Å². The van der Waals surface area contributed by atoms with E-state index in [-0.39, 0.29) is 5.91 Å². The minimum atomic E-state index is -0.0783. The molecular weight excluding hydrogens is 416 g/mol. The summed E-state index contributed by atoms with van der Waals surface area (Å²) < 4.78 is 0. The van der Waals surface area contributed by atoms with E-state index in [0.717, 1.165) is 39.3 Å². The van der Waals surface area contributed by atoms with Gasteiger partial charge in [-0.3, -0.25) is 9.69 Å². The summed E-state index contributed by atoms with van der Waals surface area (Å²) in [5, 5.41) is 3.44. The number of hydrogen-bond acceptors (Lipinski definition) is 2. The van der Waals surface area contributed by atoms with Gasteiger partial charge in [-0.2, -0.15) is 0 Å². The van der Waals surface area contributed by atoms with Crippen molar-refractivity contribution in [2.45, 2.75) is 13.8 Å². The number of carbonyl (C=O) groups excluding carboxylic acids is 1. The van der Waals surface area contributed by atoms with Gasteiger partial charge in [0.1, 0.15) is 5.70 Å². The molecule has 1 aliphatic rings. The van der Waals surface area contributed by atoms with Crippen molar-refractivity contribution in [3.63, 3.8) is 0 Å².